The minimum atomic E-state index is -1.00. The highest BCUT2D eigenvalue weighted by Crippen LogP contribution is 2.29. The topological polar surface area (TPSA) is 110 Å². The van der Waals surface area contributed by atoms with Gasteiger partial charge in [0.15, 0.2) is 0 Å². The number of imidazole rings is 1. The van der Waals surface area contributed by atoms with Crippen LogP contribution in [0.3, 0.4) is 0 Å². The number of nitrogens with zero attached hydrogens (tertiary/aromatic N) is 4. The maximum Gasteiger partial charge on any atom is 0.335 e. The van der Waals surface area contributed by atoms with Crippen LogP contribution in [0.4, 0.5) is 4.39 Å². The van der Waals surface area contributed by atoms with Crippen molar-refractivity contribution in [3.05, 3.63) is 112 Å². The number of carbonyl (C=O) groups is 1. The molecule has 5 rings (SSSR count). The lowest BCUT2D eigenvalue weighted by Crippen LogP contribution is -2.09. The molecule has 206 valence electrons. The Morgan fingerprint density at radius 3 is 2.63 bits per heavy atom. The van der Waals surface area contributed by atoms with Crippen molar-refractivity contribution >= 4 is 28.6 Å². The van der Waals surface area contributed by atoms with E-state index in [1.165, 1.54) is 24.3 Å². The third-order valence-electron chi connectivity index (χ3n) is 6.57. The van der Waals surface area contributed by atoms with Crippen LogP contribution in [0.25, 0.3) is 22.3 Å². The maximum absolute atomic E-state index is 14.2. The lowest BCUT2D eigenvalue weighted by atomic mass is 10.1. The number of pyridine rings is 1. The number of aromatic nitrogens is 3. The Labute approximate surface area is 240 Å². The normalized spacial score (nSPS) is 11.0. The van der Waals surface area contributed by atoms with Crippen molar-refractivity contribution < 1.29 is 23.8 Å². The SMILES string of the molecule is COCCn1c(Cc2ccc(-c3cccc(OCc4ccc(C#N)cc4F)n3)cc2Cl)nc2ccc(C(=O)O)cc21. The number of nitriles is 1. The molecule has 0 aliphatic carbocycles. The van der Waals surface area contributed by atoms with E-state index >= 15 is 0 Å². The van der Waals surface area contributed by atoms with E-state index in [0.717, 1.165) is 17.0 Å². The summed E-state index contributed by atoms with van der Waals surface area (Å²) in [6.07, 6.45) is 0.423. The molecule has 2 aromatic heterocycles. The van der Waals surface area contributed by atoms with Crippen molar-refractivity contribution in [2.45, 2.75) is 19.6 Å². The summed E-state index contributed by atoms with van der Waals surface area (Å²) < 4.78 is 27.1. The van der Waals surface area contributed by atoms with Gasteiger partial charge in [0.2, 0.25) is 5.88 Å². The molecule has 41 heavy (non-hydrogen) atoms. The molecule has 10 heteroatoms. The summed E-state index contributed by atoms with van der Waals surface area (Å²) in [5.74, 6) is -0.464. The lowest BCUT2D eigenvalue weighted by molar-refractivity contribution is 0.0697. The van der Waals surface area contributed by atoms with E-state index < -0.39 is 11.8 Å². The second-order valence-corrected chi connectivity index (χ2v) is 9.64. The van der Waals surface area contributed by atoms with Crippen LogP contribution in [0.15, 0.2) is 72.8 Å². The van der Waals surface area contributed by atoms with Crippen LogP contribution in [0.5, 0.6) is 5.88 Å². The zero-order valence-corrected chi connectivity index (χ0v) is 22.7. The number of halogens is 2. The van der Waals surface area contributed by atoms with Gasteiger partial charge in [-0.15, -0.1) is 0 Å². The molecule has 0 fully saturated rings. The summed E-state index contributed by atoms with van der Waals surface area (Å²) >= 11 is 6.71. The van der Waals surface area contributed by atoms with E-state index in [-0.39, 0.29) is 17.7 Å². The number of aromatic carboxylic acids is 1. The molecule has 1 N–H and O–H groups in total. The van der Waals surface area contributed by atoms with Gasteiger partial charge in [0.05, 0.1) is 40.5 Å². The van der Waals surface area contributed by atoms with Gasteiger partial charge in [0.25, 0.3) is 0 Å². The van der Waals surface area contributed by atoms with Gasteiger partial charge in [0.1, 0.15) is 18.2 Å². The molecule has 3 aromatic carbocycles. The summed E-state index contributed by atoms with van der Waals surface area (Å²) in [6, 6.07) is 21.9. The monoisotopic (exact) mass is 570 g/mol. The second-order valence-electron chi connectivity index (χ2n) is 9.23. The zero-order valence-electron chi connectivity index (χ0n) is 22.0. The van der Waals surface area contributed by atoms with E-state index in [0.29, 0.717) is 52.8 Å². The summed E-state index contributed by atoms with van der Waals surface area (Å²) in [6.45, 7) is 0.903. The summed E-state index contributed by atoms with van der Waals surface area (Å²) in [7, 11) is 1.61. The molecule has 0 bridgehead atoms. The Balaban J connectivity index is 1.36. The fourth-order valence-corrected chi connectivity index (χ4v) is 4.68. The Hall–Kier alpha value is -4.78. The van der Waals surface area contributed by atoms with Crippen LogP contribution < -0.4 is 4.74 Å². The van der Waals surface area contributed by atoms with Crippen LogP contribution in [0.2, 0.25) is 5.02 Å². The highest BCUT2D eigenvalue weighted by molar-refractivity contribution is 6.31. The van der Waals surface area contributed by atoms with E-state index in [1.54, 1.807) is 31.4 Å². The van der Waals surface area contributed by atoms with Gasteiger partial charge in [0, 0.05) is 42.3 Å². The van der Waals surface area contributed by atoms with E-state index in [4.69, 9.17) is 31.3 Å². The molecular formula is C31H24ClFN4O4. The number of hydrogen-bond acceptors (Lipinski definition) is 6. The molecule has 0 saturated heterocycles. The van der Waals surface area contributed by atoms with Crippen molar-refractivity contribution in [2.24, 2.45) is 0 Å². The summed E-state index contributed by atoms with van der Waals surface area (Å²) in [5.41, 5.74) is 4.39. The number of carboxylic acid groups (broad SMARTS) is 1. The molecule has 0 aliphatic heterocycles. The largest absolute Gasteiger partial charge is 0.478 e. The predicted molar refractivity (Wildman–Crippen MR) is 152 cm³/mol. The fourth-order valence-electron chi connectivity index (χ4n) is 4.43. The Kier molecular flexibility index (Phi) is 8.24. The third kappa shape index (κ3) is 6.19. The number of rotatable bonds is 10. The Morgan fingerprint density at radius 2 is 1.90 bits per heavy atom. The number of methoxy groups -OCH3 is 1. The van der Waals surface area contributed by atoms with Gasteiger partial charge < -0.3 is 19.1 Å². The van der Waals surface area contributed by atoms with E-state index in [2.05, 4.69) is 4.98 Å². The van der Waals surface area contributed by atoms with Gasteiger partial charge in [-0.05, 0) is 48.0 Å². The van der Waals surface area contributed by atoms with Gasteiger partial charge in [-0.25, -0.2) is 19.2 Å². The van der Waals surface area contributed by atoms with E-state index in [1.807, 2.05) is 34.9 Å². The Morgan fingerprint density at radius 1 is 1.07 bits per heavy atom. The molecule has 0 atom stereocenters. The smallest absolute Gasteiger partial charge is 0.335 e. The molecule has 0 radical (unpaired) electrons. The molecule has 0 amide bonds. The van der Waals surface area contributed by atoms with Crippen LogP contribution in [-0.2, 0) is 24.3 Å². The van der Waals surface area contributed by atoms with Crippen LogP contribution in [-0.4, -0.2) is 39.3 Å². The molecule has 2 heterocycles. The van der Waals surface area contributed by atoms with Crippen LogP contribution in [0.1, 0.15) is 32.9 Å². The quantitative estimate of drug-likeness (QED) is 0.210. The first-order valence-electron chi connectivity index (χ1n) is 12.6. The average Bonchev–Trinajstić information content (AvgIpc) is 3.32. The standard InChI is InChI=1S/C31H24ClFN4O4/c1-40-12-11-37-28-15-22(31(38)39)9-10-27(28)35-29(37)16-20-7-8-21(14-24(20)32)26-3-2-4-30(36-26)41-18-23-6-5-19(17-34)13-25(23)33/h2-10,13-15H,11-12,16,18H2,1H3,(H,38,39). The van der Waals surface area contributed by atoms with Gasteiger partial charge in [-0.1, -0.05) is 35.9 Å². The molecule has 0 saturated carbocycles. The van der Waals surface area contributed by atoms with Crippen molar-refractivity contribution in [1.29, 1.82) is 5.26 Å². The fraction of sp³-hybridized carbons (Fsp3) is 0.161. The third-order valence-corrected chi connectivity index (χ3v) is 6.92. The number of ether oxygens (including phenoxy) is 2. The highest BCUT2D eigenvalue weighted by Gasteiger charge is 2.16. The highest BCUT2D eigenvalue weighted by atomic mass is 35.5. The minimum absolute atomic E-state index is 0.0360. The molecule has 5 aromatic rings. The van der Waals surface area contributed by atoms with Crippen molar-refractivity contribution in [1.82, 2.24) is 14.5 Å². The zero-order chi connectivity index (χ0) is 28.9. The van der Waals surface area contributed by atoms with Crippen LogP contribution in [0, 0.1) is 17.1 Å². The first-order chi connectivity index (χ1) is 19.9. The molecule has 8 nitrogen and oxygen atoms in total. The summed E-state index contributed by atoms with van der Waals surface area (Å²) in [5, 5.41) is 18.9. The maximum atomic E-state index is 14.2. The van der Waals surface area contributed by atoms with E-state index in [9.17, 15) is 14.3 Å². The first-order valence-corrected chi connectivity index (χ1v) is 13.0. The predicted octanol–water partition coefficient (Wildman–Crippen LogP) is 6.28. The van der Waals surface area contributed by atoms with Crippen LogP contribution >= 0.6 is 11.6 Å². The minimum Gasteiger partial charge on any atom is -0.478 e. The molecule has 0 spiro atoms. The number of carboxylic acids is 1. The van der Waals surface area contributed by atoms with Crippen molar-refractivity contribution in [3.8, 4) is 23.2 Å². The number of benzene rings is 3. The van der Waals surface area contributed by atoms with Crippen molar-refractivity contribution in [2.75, 3.05) is 13.7 Å². The van der Waals surface area contributed by atoms with Gasteiger partial charge in [-0.2, -0.15) is 5.26 Å². The number of fused-ring (bicyclic) bond motifs is 1. The summed E-state index contributed by atoms with van der Waals surface area (Å²) in [4.78, 5) is 20.8. The lowest BCUT2D eigenvalue weighted by Gasteiger charge is -2.11. The molecule has 0 unspecified atom stereocenters. The van der Waals surface area contributed by atoms with Gasteiger partial charge >= 0.3 is 5.97 Å². The van der Waals surface area contributed by atoms with Crippen molar-refractivity contribution in [3.63, 3.8) is 0 Å². The molecular weight excluding hydrogens is 547 g/mol. The average molecular weight is 571 g/mol. The Bertz CT molecular complexity index is 1800. The first kappa shape index (κ1) is 27.8. The number of hydrogen-bond donors (Lipinski definition) is 1. The molecule has 0 aliphatic rings. The van der Waals surface area contributed by atoms with Gasteiger partial charge in [-0.3, -0.25) is 0 Å². The second kappa shape index (κ2) is 12.2.